The average Bonchev–Trinajstić information content (AvgIpc) is 3.27. The molecular formula is C28H21N3O5. The highest BCUT2D eigenvalue weighted by Gasteiger charge is 2.25. The number of rotatable bonds is 6. The number of hydrogen-bond acceptors (Lipinski definition) is 6. The Bertz CT molecular complexity index is 1650. The molecule has 5 aromatic rings. The topological polar surface area (TPSA) is 103 Å². The van der Waals surface area contributed by atoms with Crippen LogP contribution in [0.4, 0.5) is 5.69 Å². The smallest absolute Gasteiger partial charge is 0.280 e. The molecule has 5 rings (SSSR count). The number of nitrogens with zero attached hydrogens (tertiary/aromatic N) is 2. The van der Waals surface area contributed by atoms with Crippen molar-refractivity contribution in [2.45, 2.75) is 6.92 Å². The van der Waals surface area contributed by atoms with Gasteiger partial charge in [-0.3, -0.25) is 14.4 Å². The van der Waals surface area contributed by atoms with E-state index in [0.717, 1.165) is 5.56 Å². The first-order valence-corrected chi connectivity index (χ1v) is 11.1. The van der Waals surface area contributed by atoms with Gasteiger partial charge in [0.2, 0.25) is 11.2 Å². The van der Waals surface area contributed by atoms with Gasteiger partial charge in [0.05, 0.1) is 18.5 Å². The Morgan fingerprint density at radius 1 is 0.944 bits per heavy atom. The van der Waals surface area contributed by atoms with E-state index in [1.807, 2.05) is 19.1 Å². The maximum Gasteiger partial charge on any atom is 0.280 e. The lowest BCUT2D eigenvalue weighted by Gasteiger charge is -2.09. The molecule has 178 valence electrons. The van der Waals surface area contributed by atoms with Crippen molar-refractivity contribution in [1.29, 1.82) is 0 Å². The molecule has 1 amide bonds. The van der Waals surface area contributed by atoms with E-state index in [9.17, 15) is 14.4 Å². The van der Waals surface area contributed by atoms with Gasteiger partial charge in [0.25, 0.3) is 5.91 Å². The van der Waals surface area contributed by atoms with Crippen LogP contribution in [0.1, 0.15) is 32.2 Å². The van der Waals surface area contributed by atoms with E-state index in [1.54, 1.807) is 67.8 Å². The maximum absolute atomic E-state index is 13.3. The number of hydrogen-bond donors (Lipinski definition) is 1. The predicted octanol–water partition coefficient (Wildman–Crippen LogP) is 4.78. The number of aromatic nitrogens is 2. The molecule has 2 heterocycles. The molecule has 0 unspecified atom stereocenters. The van der Waals surface area contributed by atoms with Gasteiger partial charge in [0.15, 0.2) is 11.5 Å². The number of ketones is 1. The van der Waals surface area contributed by atoms with Crippen molar-refractivity contribution >= 4 is 28.3 Å². The van der Waals surface area contributed by atoms with Crippen molar-refractivity contribution in [3.8, 4) is 11.4 Å². The van der Waals surface area contributed by atoms with Gasteiger partial charge in [-0.1, -0.05) is 42.0 Å². The zero-order chi connectivity index (χ0) is 25.2. The number of aryl methyl sites for hydroxylation is 1. The van der Waals surface area contributed by atoms with E-state index in [2.05, 4.69) is 10.4 Å². The monoisotopic (exact) mass is 479 g/mol. The summed E-state index contributed by atoms with van der Waals surface area (Å²) in [5.41, 5.74) is 1.78. The molecular weight excluding hydrogens is 458 g/mol. The molecule has 36 heavy (non-hydrogen) atoms. The van der Waals surface area contributed by atoms with Crippen molar-refractivity contribution in [3.63, 3.8) is 0 Å². The summed E-state index contributed by atoms with van der Waals surface area (Å²) in [6, 6.07) is 22.3. The number of carbonyl (C=O) groups excluding carboxylic acids is 2. The van der Waals surface area contributed by atoms with Gasteiger partial charge in [-0.2, -0.15) is 5.10 Å². The number of amides is 1. The first-order valence-electron chi connectivity index (χ1n) is 11.1. The minimum atomic E-state index is -0.757. The third-order valence-corrected chi connectivity index (χ3v) is 5.71. The Balaban J connectivity index is 1.53. The molecule has 2 aromatic heterocycles. The molecule has 0 fully saturated rings. The number of carbonyl (C=O) groups is 2. The van der Waals surface area contributed by atoms with Gasteiger partial charge < -0.3 is 14.5 Å². The molecule has 0 radical (unpaired) electrons. The highest BCUT2D eigenvalue weighted by atomic mass is 16.5. The molecule has 0 atom stereocenters. The van der Waals surface area contributed by atoms with Gasteiger partial charge in [-0.05, 0) is 43.3 Å². The van der Waals surface area contributed by atoms with E-state index in [-0.39, 0.29) is 17.1 Å². The predicted molar refractivity (Wildman–Crippen MR) is 135 cm³/mol. The first-order chi connectivity index (χ1) is 17.4. The molecule has 3 aromatic carbocycles. The molecule has 0 bridgehead atoms. The van der Waals surface area contributed by atoms with Gasteiger partial charge >= 0.3 is 0 Å². The summed E-state index contributed by atoms with van der Waals surface area (Å²) in [5, 5.41) is 7.47. The van der Waals surface area contributed by atoms with Crippen LogP contribution in [-0.2, 0) is 0 Å². The Morgan fingerprint density at radius 3 is 2.39 bits per heavy atom. The van der Waals surface area contributed by atoms with Crippen molar-refractivity contribution in [2.24, 2.45) is 0 Å². The van der Waals surface area contributed by atoms with Crippen LogP contribution in [0, 0.1) is 6.92 Å². The SMILES string of the molecule is COc1ccc(-n2ccc(=O)c(C(=O)Nc3c(C(=O)c4ccc(C)cc4)oc4ccccc34)n2)cc1. The quantitative estimate of drug-likeness (QED) is 0.352. The van der Waals surface area contributed by atoms with Crippen molar-refractivity contribution < 1.29 is 18.7 Å². The van der Waals surface area contributed by atoms with Gasteiger partial charge in [-0.25, -0.2) is 4.68 Å². The van der Waals surface area contributed by atoms with Crippen LogP contribution in [0.25, 0.3) is 16.7 Å². The third kappa shape index (κ3) is 4.27. The van der Waals surface area contributed by atoms with Crippen molar-refractivity contribution in [3.05, 3.63) is 118 Å². The Morgan fingerprint density at radius 2 is 1.67 bits per heavy atom. The van der Waals surface area contributed by atoms with Crippen LogP contribution in [0.2, 0.25) is 0 Å². The Hall–Kier alpha value is -4.98. The van der Waals surface area contributed by atoms with E-state index < -0.39 is 17.1 Å². The number of para-hydroxylation sites is 1. The number of benzene rings is 3. The lowest BCUT2D eigenvalue weighted by molar-refractivity contribution is 0.101. The summed E-state index contributed by atoms with van der Waals surface area (Å²) < 4.78 is 12.4. The summed E-state index contributed by atoms with van der Waals surface area (Å²) in [7, 11) is 1.56. The fraction of sp³-hybridized carbons (Fsp3) is 0.0714. The van der Waals surface area contributed by atoms with E-state index in [1.165, 1.54) is 16.9 Å². The minimum absolute atomic E-state index is 0.0279. The zero-order valence-electron chi connectivity index (χ0n) is 19.5. The fourth-order valence-corrected chi connectivity index (χ4v) is 3.78. The molecule has 8 heteroatoms. The van der Waals surface area contributed by atoms with E-state index in [0.29, 0.717) is 28.0 Å². The molecule has 1 N–H and O–H groups in total. The highest BCUT2D eigenvalue weighted by Crippen LogP contribution is 2.32. The van der Waals surface area contributed by atoms with Crippen molar-refractivity contribution in [2.75, 3.05) is 12.4 Å². The average molecular weight is 479 g/mol. The second-order valence-electron chi connectivity index (χ2n) is 8.12. The molecule has 0 spiro atoms. The molecule has 8 nitrogen and oxygen atoms in total. The number of ether oxygens (including phenoxy) is 1. The van der Waals surface area contributed by atoms with E-state index in [4.69, 9.17) is 9.15 Å². The van der Waals surface area contributed by atoms with Crippen LogP contribution >= 0.6 is 0 Å². The largest absolute Gasteiger partial charge is 0.497 e. The summed E-state index contributed by atoms with van der Waals surface area (Å²) in [6.45, 7) is 1.92. The van der Waals surface area contributed by atoms with Gasteiger partial charge in [0.1, 0.15) is 11.3 Å². The number of fused-ring (bicyclic) bond motifs is 1. The Labute approximate surface area is 205 Å². The number of furan rings is 1. The highest BCUT2D eigenvalue weighted by molar-refractivity contribution is 6.18. The second-order valence-corrected chi connectivity index (χ2v) is 8.12. The lowest BCUT2D eigenvalue weighted by Crippen LogP contribution is -2.26. The van der Waals surface area contributed by atoms with Crippen LogP contribution in [0.3, 0.4) is 0 Å². The number of nitrogens with one attached hydrogen (secondary N) is 1. The summed E-state index contributed by atoms with van der Waals surface area (Å²) in [6.07, 6.45) is 1.47. The molecule has 0 saturated heterocycles. The van der Waals surface area contributed by atoms with Gasteiger partial charge in [0, 0.05) is 23.2 Å². The van der Waals surface area contributed by atoms with Crippen LogP contribution in [0.5, 0.6) is 5.75 Å². The van der Waals surface area contributed by atoms with Crippen LogP contribution < -0.4 is 15.5 Å². The van der Waals surface area contributed by atoms with Crippen LogP contribution in [-0.4, -0.2) is 28.6 Å². The molecule has 0 aliphatic carbocycles. The summed E-state index contributed by atoms with van der Waals surface area (Å²) in [4.78, 5) is 39.1. The Kier molecular flexibility index (Phi) is 5.92. The van der Waals surface area contributed by atoms with Crippen molar-refractivity contribution in [1.82, 2.24) is 9.78 Å². The van der Waals surface area contributed by atoms with E-state index >= 15 is 0 Å². The first kappa shape index (κ1) is 22.8. The minimum Gasteiger partial charge on any atom is -0.497 e. The fourth-order valence-electron chi connectivity index (χ4n) is 3.78. The zero-order valence-corrected chi connectivity index (χ0v) is 19.5. The number of anilines is 1. The lowest BCUT2D eigenvalue weighted by atomic mass is 10.1. The molecule has 0 saturated carbocycles. The summed E-state index contributed by atoms with van der Waals surface area (Å²) >= 11 is 0. The van der Waals surface area contributed by atoms with Crippen LogP contribution in [0.15, 0.2) is 94.3 Å². The second kappa shape index (κ2) is 9.34. The maximum atomic E-state index is 13.3. The standard InChI is InChI=1S/C28H21N3O5/c1-17-7-9-18(10-8-17)26(33)27-24(21-5-3-4-6-23(21)36-27)29-28(34)25-22(32)15-16-31(30-25)19-11-13-20(35-2)14-12-19/h3-16H,1-2H3,(H,29,34). The normalized spacial score (nSPS) is 10.8. The molecule has 0 aliphatic heterocycles. The number of methoxy groups -OCH3 is 1. The third-order valence-electron chi connectivity index (χ3n) is 5.71. The van der Waals surface area contributed by atoms with Gasteiger partial charge in [-0.15, -0.1) is 0 Å². The molecule has 0 aliphatic rings. The summed E-state index contributed by atoms with van der Waals surface area (Å²) in [5.74, 6) is -0.513.